The third-order valence-electron chi connectivity index (χ3n) is 4.81. The van der Waals surface area contributed by atoms with E-state index in [-0.39, 0.29) is 28.1 Å². The van der Waals surface area contributed by atoms with Crippen molar-refractivity contribution in [2.75, 3.05) is 23.8 Å². The van der Waals surface area contributed by atoms with E-state index in [1.54, 1.807) is 12.1 Å². The van der Waals surface area contributed by atoms with Gasteiger partial charge in [-0.2, -0.15) is 0 Å². The molecule has 2 aromatic carbocycles. The second kappa shape index (κ2) is 7.31. The first-order chi connectivity index (χ1) is 13.4. The van der Waals surface area contributed by atoms with Gasteiger partial charge in [-0.05, 0) is 30.5 Å². The van der Waals surface area contributed by atoms with Crippen LogP contribution in [0.5, 0.6) is 11.5 Å². The van der Waals surface area contributed by atoms with Crippen LogP contribution in [0.15, 0.2) is 30.3 Å². The van der Waals surface area contributed by atoms with Crippen molar-refractivity contribution < 1.29 is 23.5 Å². The smallest absolute Gasteiger partial charge is 0.257 e. The molecule has 2 N–H and O–H groups in total. The van der Waals surface area contributed by atoms with Crippen LogP contribution in [-0.2, 0) is 4.79 Å². The van der Waals surface area contributed by atoms with Crippen molar-refractivity contribution in [2.45, 2.75) is 13.3 Å². The zero-order valence-corrected chi connectivity index (χ0v) is 15.8. The van der Waals surface area contributed by atoms with Gasteiger partial charge >= 0.3 is 0 Å². The number of carbonyl (C=O) groups is 2. The Morgan fingerprint density at radius 2 is 1.75 bits per heavy atom. The normalized spacial score (nSPS) is 19.7. The molecule has 2 aromatic rings. The molecule has 0 spiro atoms. The minimum Gasteiger partial charge on any atom is -0.486 e. The molecule has 2 atom stereocenters. The highest BCUT2D eigenvalue weighted by Crippen LogP contribution is 2.39. The van der Waals surface area contributed by atoms with Crippen molar-refractivity contribution in [3.8, 4) is 11.5 Å². The standard InChI is InChI=1S/C20H18ClFN2O4/c1-10-6-12(10)19(25)23-15-3-2-11(22)7-13(15)20(26)24-16-9-18-17(8-14(16)21)27-4-5-28-18/h2-3,7-10,12H,4-6H2,1H3,(H,23,25)(H,24,26). The predicted octanol–water partition coefficient (Wildman–Crippen LogP) is 4.10. The number of hydrogen-bond donors (Lipinski definition) is 2. The monoisotopic (exact) mass is 404 g/mol. The summed E-state index contributed by atoms with van der Waals surface area (Å²) in [5, 5.41) is 5.62. The SMILES string of the molecule is CC1CC1C(=O)Nc1ccc(F)cc1C(=O)Nc1cc2c(cc1Cl)OCCO2. The van der Waals surface area contributed by atoms with Crippen LogP contribution in [0.3, 0.4) is 0 Å². The maximum atomic E-state index is 13.8. The number of carbonyl (C=O) groups excluding carboxylic acids is 2. The average molecular weight is 405 g/mol. The fourth-order valence-corrected chi connectivity index (χ4v) is 3.28. The van der Waals surface area contributed by atoms with E-state index in [1.165, 1.54) is 12.1 Å². The highest BCUT2D eigenvalue weighted by molar-refractivity contribution is 6.34. The molecular weight excluding hydrogens is 387 g/mol. The summed E-state index contributed by atoms with van der Waals surface area (Å²) in [5.74, 6) is -0.172. The molecule has 28 heavy (non-hydrogen) atoms. The van der Waals surface area contributed by atoms with E-state index in [2.05, 4.69) is 10.6 Å². The summed E-state index contributed by atoms with van der Waals surface area (Å²) in [4.78, 5) is 25.0. The van der Waals surface area contributed by atoms with Crippen LogP contribution in [0.1, 0.15) is 23.7 Å². The van der Waals surface area contributed by atoms with E-state index in [1.807, 2.05) is 6.92 Å². The summed E-state index contributed by atoms with van der Waals surface area (Å²) in [6, 6.07) is 6.75. The molecule has 0 aromatic heterocycles. The van der Waals surface area contributed by atoms with E-state index in [9.17, 15) is 14.0 Å². The Morgan fingerprint density at radius 1 is 1.07 bits per heavy atom. The number of halogens is 2. The lowest BCUT2D eigenvalue weighted by Gasteiger charge is -2.20. The molecule has 8 heteroatoms. The Morgan fingerprint density at radius 3 is 2.43 bits per heavy atom. The third-order valence-corrected chi connectivity index (χ3v) is 5.12. The zero-order chi connectivity index (χ0) is 19.8. The number of amides is 2. The largest absolute Gasteiger partial charge is 0.486 e. The van der Waals surface area contributed by atoms with Crippen LogP contribution in [0.4, 0.5) is 15.8 Å². The Balaban J connectivity index is 1.58. The van der Waals surface area contributed by atoms with Gasteiger partial charge in [0.1, 0.15) is 19.0 Å². The van der Waals surface area contributed by atoms with Gasteiger partial charge in [0.05, 0.1) is 22.0 Å². The molecule has 146 valence electrons. The molecule has 0 radical (unpaired) electrons. The molecular formula is C20H18ClFN2O4. The van der Waals surface area contributed by atoms with Crippen LogP contribution in [0.25, 0.3) is 0 Å². The lowest BCUT2D eigenvalue weighted by atomic mass is 10.1. The van der Waals surface area contributed by atoms with Crippen molar-refractivity contribution in [2.24, 2.45) is 11.8 Å². The summed E-state index contributed by atoms with van der Waals surface area (Å²) < 4.78 is 24.7. The quantitative estimate of drug-likeness (QED) is 0.804. The highest BCUT2D eigenvalue weighted by atomic mass is 35.5. The fraction of sp³-hybridized carbons (Fsp3) is 0.300. The first-order valence-electron chi connectivity index (χ1n) is 8.93. The molecule has 2 unspecified atom stereocenters. The van der Waals surface area contributed by atoms with Crippen molar-refractivity contribution in [3.05, 3.63) is 46.7 Å². The second-order valence-electron chi connectivity index (χ2n) is 6.93. The van der Waals surface area contributed by atoms with Crippen molar-refractivity contribution in [1.82, 2.24) is 0 Å². The minimum absolute atomic E-state index is 0.00705. The summed E-state index contributed by atoms with van der Waals surface area (Å²) in [6.07, 6.45) is 0.807. The maximum absolute atomic E-state index is 13.8. The molecule has 1 heterocycles. The molecule has 2 amide bonds. The predicted molar refractivity (Wildman–Crippen MR) is 103 cm³/mol. The first kappa shape index (κ1) is 18.6. The lowest BCUT2D eigenvalue weighted by molar-refractivity contribution is -0.117. The van der Waals surface area contributed by atoms with E-state index >= 15 is 0 Å². The number of anilines is 2. The van der Waals surface area contributed by atoms with Crippen LogP contribution in [-0.4, -0.2) is 25.0 Å². The number of benzene rings is 2. The molecule has 1 saturated carbocycles. The molecule has 2 aliphatic rings. The first-order valence-corrected chi connectivity index (χ1v) is 9.31. The third kappa shape index (κ3) is 3.75. The summed E-state index contributed by atoms with van der Waals surface area (Å²) in [7, 11) is 0. The Bertz CT molecular complexity index is 965. The van der Waals surface area contributed by atoms with Gasteiger partial charge in [0.2, 0.25) is 5.91 Å². The lowest BCUT2D eigenvalue weighted by Crippen LogP contribution is -2.20. The van der Waals surface area contributed by atoms with Crippen LogP contribution in [0.2, 0.25) is 5.02 Å². The van der Waals surface area contributed by atoms with E-state index in [0.29, 0.717) is 36.3 Å². The van der Waals surface area contributed by atoms with Crippen molar-refractivity contribution >= 4 is 34.8 Å². The fourth-order valence-electron chi connectivity index (χ4n) is 3.08. The summed E-state index contributed by atoms with van der Waals surface area (Å²) >= 11 is 6.22. The van der Waals surface area contributed by atoms with Crippen molar-refractivity contribution in [1.29, 1.82) is 0 Å². The number of fused-ring (bicyclic) bond motifs is 1. The minimum atomic E-state index is -0.600. The Hall–Kier alpha value is -2.80. The number of nitrogens with one attached hydrogen (secondary N) is 2. The van der Waals surface area contributed by atoms with Crippen LogP contribution < -0.4 is 20.1 Å². The van der Waals surface area contributed by atoms with Gasteiger partial charge in [0.25, 0.3) is 5.91 Å². The molecule has 0 saturated heterocycles. The summed E-state index contributed by atoms with van der Waals surface area (Å²) in [5.41, 5.74) is 0.553. The number of ether oxygens (including phenoxy) is 2. The van der Waals surface area contributed by atoms with Crippen molar-refractivity contribution in [3.63, 3.8) is 0 Å². The van der Waals surface area contributed by atoms with E-state index in [0.717, 1.165) is 12.5 Å². The molecule has 1 aliphatic heterocycles. The average Bonchev–Trinajstić information content (AvgIpc) is 3.40. The molecule has 0 bridgehead atoms. The van der Waals surface area contributed by atoms with Gasteiger partial charge in [-0.3, -0.25) is 9.59 Å². The molecule has 1 fully saturated rings. The van der Waals surface area contributed by atoms with Gasteiger partial charge < -0.3 is 20.1 Å². The van der Waals surface area contributed by atoms with Gasteiger partial charge in [-0.1, -0.05) is 18.5 Å². The van der Waals surface area contributed by atoms with Crippen LogP contribution >= 0.6 is 11.6 Å². The number of hydrogen-bond acceptors (Lipinski definition) is 4. The van der Waals surface area contributed by atoms with E-state index in [4.69, 9.17) is 21.1 Å². The summed E-state index contributed by atoms with van der Waals surface area (Å²) in [6.45, 7) is 2.79. The molecule has 1 aliphatic carbocycles. The van der Waals surface area contributed by atoms with Gasteiger partial charge in [-0.15, -0.1) is 0 Å². The molecule has 6 nitrogen and oxygen atoms in total. The topological polar surface area (TPSA) is 76.7 Å². The number of rotatable bonds is 4. The van der Waals surface area contributed by atoms with Gasteiger partial charge in [0.15, 0.2) is 11.5 Å². The van der Waals surface area contributed by atoms with Crippen LogP contribution in [0, 0.1) is 17.7 Å². The molecule has 4 rings (SSSR count). The second-order valence-corrected chi connectivity index (χ2v) is 7.34. The van der Waals surface area contributed by atoms with Gasteiger partial charge in [0, 0.05) is 18.1 Å². The maximum Gasteiger partial charge on any atom is 0.257 e. The Labute approximate surface area is 166 Å². The van der Waals surface area contributed by atoms with Gasteiger partial charge in [-0.25, -0.2) is 4.39 Å². The van der Waals surface area contributed by atoms with E-state index < -0.39 is 11.7 Å². The Kier molecular flexibility index (Phi) is 4.85. The highest BCUT2D eigenvalue weighted by Gasteiger charge is 2.39. The zero-order valence-electron chi connectivity index (χ0n) is 15.1.